The SMILES string of the molecule is O=C(OCC1OC(OC(=O)c2ccc([N+](=O)[O-])cc2)CC(OC(=O)c2ccc([N+](=O)[O-])cc2)C1OC(=O)c1ccc([N+](=O)[O-])cc1)c1ccc([N+](=O)[O-])cc1. The van der Waals surface area contributed by atoms with Crippen molar-refractivity contribution in [1.82, 2.24) is 0 Å². The van der Waals surface area contributed by atoms with E-state index in [1.165, 1.54) is 0 Å². The molecule has 4 unspecified atom stereocenters. The van der Waals surface area contributed by atoms with Crippen molar-refractivity contribution in [3.8, 4) is 0 Å². The normalized spacial score (nSPS) is 17.5. The summed E-state index contributed by atoms with van der Waals surface area (Å²) in [5, 5.41) is 44.4. The van der Waals surface area contributed by atoms with Crippen LogP contribution in [0.4, 0.5) is 22.7 Å². The first-order chi connectivity index (χ1) is 26.2. The minimum atomic E-state index is -1.65. The van der Waals surface area contributed by atoms with E-state index >= 15 is 0 Å². The summed E-state index contributed by atoms with van der Waals surface area (Å²) in [5.74, 6) is -4.26. The lowest BCUT2D eigenvalue weighted by Gasteiger charge is -2.39. The van der Waals surface area contributed by atoms with Crippen molar-refractivity contribution in [2.75, 3.05) is 6.61 Å². The molecular formula is C34H24N4O17. The van der Waals surface area contributed by atoms with Gasteiger partial charge in [-0.1, -0.05) is 0 Å². The van der Waals surface area contributed by atoms with E-state index < -0.39 is 81.2 Å². The molecule has 4 aromatic carbocycles. The summed E-state index contributed by atoms with van der Waals surface area (Å²) in [6.07, 6.45) is -6.93. The number of hydrogen-bond acceptors (Lipinski definition) is 17. The van der Waals surface area contributed by atoms with Crippen molar-refractivity contribution in [2.45, 2.75) is 31.0 Å². The van der Waals surface area contributed by atoms with Crippen molar-refractivity contribution >= 4 is 46.6 Å². The third-order valence-corrected chi connectivity index (χ3v) is 7.86. The molecule has 4 aromatic rings. The quantitative estimate of drug-likeness (QED) is 0.0757. The van der Waals surface area contributed by atoms with Crippen LogP contribution in [-0.2, 0) is 23.7 Å². The summed E-state index contributed by atoms with van der Waals surface area (Å²) >= 11 is 0. The molecule has 1 saturated heterocycles. The van der Waals surface area contributed by atoms with Gasteiger partial charge in [-0.25, -0.2) is 19.2 Å². The summed E-state index contributed by atoms with van der Waals surface area (Å²) in [5.41, 5.74) is -1.99. The van der Waals surface area contributed by atoms with Crippen LogP contribution in [0.5, 0.6) is 0 Å². The highest BCUT2D eigenvalue weighted by Gasteiger charge is 2.46. The molecule has 0 aliphatic carbocycles. The van der Waals surface area contributed by atoms with Crippen LogP contribution in [0.3, 0.4) is 0 Å². The molecular weight excluding hydrogens is 736 g/mol. The Balaban J connectivity index is 1.46. The summed E-state index contributed by atoms with van der Waals surface area (Å²) in [6, 6.07) is 17.1. The molecule has 21 heteroatoms. The van der Waals surface area contributed by atoms with Crippen molar-refractivity contribution < 1.29 is 62.6 Å². The molecule has 1 heterocycles. The van der Waals surface area contributed by atoms with Gasteiger partial charge in [0, 0.05) is 48.5 Å². The highest BCUT2D eigenvalue weighted by atomic mass is 16.7. The standard InChI is InChI=1S/C34H24N4O17/c39-31(19-1-9-23(10-2-19)35(43)44)51-18-28-30(55-34(42)22-7-15-26(16-8-22)38(49)50)27(53-32(40)20-3-11-24(12-4-20)36(45)46)17-29(52-28)54-33(41)21-5-13-25(14-6-21)37(47)48/h1-16,27-30H,17-18H2. The molecule has 0 bridgehead atoms. The molecule has 1 aliphatic rings. The highest BCUT2D eigenvalue weighted by Crippen LogP contribution is 2.30. The molecule has 21 nitrogen and oxygen atoms in total. The first-order valence-corrected chi connectivity index (χ1v) is 15.6. The van der Waals surface area contributed by atoms with Crippen LogP contribution >= 0.6 is 0 Å². The third kappa shape index (κ3) is 9.61. The van der Waals surface area contributed by atoms with Crippen molar-refractivity contribution in [3.05, 3.63) is 160 Å². The maximum Gasteiger partial charge on any atom is 0.340 e. The topological polar surface area (TPSA) is 287 Å². The molecule has 4 atom stereocenters. The number of ether oxygens (including phenoxy) is 5. The Hall–Kier alpha value is -7.68. The number of esters is 4. The molecule has 0 saturated carbocycles. The monoisotopic (exact) mass is 760 g/mol. The van der Waals surface area contributed by atoms with Gasteiger partial charge in [-0.05, 0) is 48.5 Å². The van der Waals surface area contributed by atoms with Gasteiger partial charge in [-0.15, -0.1) is 0 Å². The van der Waals surface area contributed by atoms with E-state index in [9.17, 15) is 59.6 Å². The summed E-state index contributed by atoms with van der Waals surface area (Å²) in [6.45, 7) is -0.773. The molecule has 0 amide bonds. The lowest BCUT2D eigenvalue weighted by Crippen LogP contribution is -2.54. The molecule has 0 spiro atoms. The molecule has 1 fully saturated rings. The summed E-state index contributed by atoms with van der Waals surface area (Å²) < 4.78 is 28.1. The Labute approximate surface area is 306 Å². The fourth-order valence-corrected chi connectivity index (χ4v) is 5.07. The van der Waals surface area contributed by atoms with Crippen molar-refractivity contribution in [1.29, 1.82) is 0 Å². The number of rotatable bonds is 13. The number of benzene rings is 4. The Kier molecular flexibility index (Phi) is 11.8. The molecule has 5 rings (SSSR count). The molecule has 55 heavy (non-hydrogen) atoms. The van der Waals surface area contributed by atoms with Crippen molar-refractivity contribution in [3.63, 3.8) is 0 Å². The smallest absolute Gasteiger partial charge is 0.340 e. The zero-order valence-electron chi connectivity index (χ0n) is 27.7. The number of carbonyl (C=O) groups is 4. The predicted octanol–water partition coefficient (Wildman–Crippen LogP) is 4.90. The van der Waals surface area contributed by atoms with E-state index in [1.54, 1.807) is 0 Å². The van der Waals surface area contributed by atoms with Crippen LogP contribution in [-0.4, -0.2) is 74.8 Å². The van der Waals surface area contributed by atoms with Gasteiger partial charge in [-0.2, -0.15) is 0 Å². The number of hydrogen-bond donors (Lipinski definition) is 0. The second kappa shape index (κ2) is 16.8. The molecule has 0 radical (unpaired) electrons. The van der Waals surface area contributed by atoms with Gasteiger partial charge in [0.15, 0.2) is 6.10 Å². The number of carbonyl (C=O) groups excluding carboxylic acids is 4. The highest BCUT2D eigenvalue weighted by molar-refractivity contribution is 5.91. The van der Waals surface area contributed by atoms with E-state index in [0.717, 1.165) is 97.1 Å². The Morgan fingerprint density at radius 2 is 0.836 bits per heavy atom. The maximum atomic E-state index is 13.4. The molecule has 1 aliphatic heterocycles. The summed E-state index contributed by atoms with van der Waals surface area (Å²) in [7, 11) is 0. The molecule has 282 valence electrons. The lowest BCUT2D eigenvalue weighted by atomic mass is 10.0. The van der Waals surface area contributed by atoms with E-state index in [1.807, 2.05) is 0 Å². The Morgan fingerprint density at radius 3 is 1.20 bits per heavy atom. The van der Waals surface area contributed by atoms with Crippen molar-refractivity contribution in [2.24, 2.45) is 0 Å². The largest absolute Gasteiger partial charge is 0.459 e. The second-order valence-electron chi connectivity index (χ2n) is 11.4. The van der Waals surface area contributed by atoms with Crippen LogP contribution in [0, 0.1) is 40.5 Å². The Morgan fingerprint density at radius 1 is 0.509 bits per heavy atom. The fraction of sp³-hybridized carbons (Fsp3) is 0.176. The van der Waals surface area contributed by atoms with Gasteiger partial charge < -0.3 is 23.7 Å². The number of non-ortho nitro benzene ring substituents is 4. The van der Waals surface area contributed by atoms with Crippen LogP contribution in [0.25, 0.3) is 0 Å². The van der Waals surface area contributed by atoms with E-state index in [0.29, 0.717) is 0 Å². The van der Waals surface area contributed by atoms with Gasteiger partial charge in [-0.3, -0.25) is 40.5 Å². The minimum absolute atomic E-state index is 0.136. The van der Waals surface area contributed by atoms with Gasteiger partial charge >= 0.3 is 23.9 Å². The average Bonchev–Trinajstić information content (AvgIpc) is 3.17. The van der Waals surface area contributed by atoms with E-state index in [-0.39, 0.29) is 45.0 Å². The van der Waals surface area contributed by atoms with Gasteiger partial charge in [0.2, 0.25) is 6.29 Å². The first kappa shape index (κ1) is 38.5. The second-order valence-corrected chi connectivity index (χ2v) is 11.4. The lowest BCUT2D eigenvalue weighted by molar-refractivity contribution is -0.385. The number of nitro benzene ring substituents is 4. The number of nitrogens with zero attached hydrogens (tertiary/aromatic N) is 4. The maximum absolute atomic E-state index is 13.4. The van der Waals surface area contributed by atoms with Crippen LogP contribution in [0.2, 0.25) is 0 Å². The molecule has 0 N–H and O–H groups in total. The van der Waals surface area contributed by atoms with Crippen LogP contribution < -0.4 is 0 Å². The first-order valence-electron chi connectivity index (χ1n) is 15.6. The van der Waals surface area contributed by atoms with Crippen LogP contribution in [0.15, 0.2) is 97.1 Å². The van der Waals surface area contributed by atoms with Gasteiger partial charge in [0.05, 0.1) is 48.4 Å². The minimum Gasteiger partial charge on any atom is -0.459 e. The zero-order chi connectivity index (χ0) is 39.8. The third-order valence-electron chi connectivity index (χ3n) is 7.86. The average molecular weight is 761 g/mol. The predicted molar refractivity (Wildman–Crippen MR) is 180 cm³/mol. The zero-order valence-corrected chi connectivity index (χ0v) is 27.7. The van der Waals surface area contributed by atoms with E-state index in [4.69, 9.17) is 23.7 Å². The van der Waals surface area contributed by atoms with E-state index in [2.05, 4.69) is 0 Å². The van der Waals surface area contributed by atoms with Crippen LogP contribution in [0.1, 0.15) is 47.9 Å². The summed E-state index contributed by atoms with van der Waals surface area (Å²) in [4.78, 5) is 94.3. The van der Waals surface area contributed by atoms with Gasteiger partial charge in [0.1, 0.15) is 18.8 Å². The molecule has 0 aromatic heterocycles. The van der Waals surface area contributed by atoms with Gasteiger partial charge in [0.25, 0.3) is 22.7 Å². The fourth-order valence-electron chi connectivity index (χ4n) is 5.07. The number of nitro groups is 4. The Bertz CT molecular complexity index is 2140.